The molecule has 0 aliphatic heterocycles. The number of imidazole rings is 1. The smallest absolute Gasteiger partial charge is 0.322 e. The zero-order chi connectivity index (χ0) is 28.8. The number of nitrogens with one attached hydrogen (secondary N) is 1. The van der Waals surface area contributed by atoms with E-state index in [9.17, 15) is 23.9 Å². The molecule has 4 rings (SSSR count). The number of esters is 1. The Kier molecular flexibility index (Phi) is 8.70. The number of H-pyrrole nitrogens is 1. The highest BCUT2D eigenvalue weighted by Gasteiger charge is 2.25. The Balaban J connectivity index is 1.78. The number of ether oxygens (including phenoxy) is 1. The molecule has 3 aromatic carbocycles. The number of ketones is 1. The van der Waals surface area contributed by atoms with Crippen molar-refractivity contribution < 1.29 is 33.5 Å². The summed E-state index contributed by atoms with van der Waals surface area (Å²) in [5, 5.41) is 12.8. The number of aromatic amines is 1. The number of aliphatic hydroxyl groups is 1. The van der Waals surface area contributed by atoms with Crippen molar-refractivity contribution >= 4 is 40.1 Å². The number of carbonyl (C=O) groups is 3. The summed E-state index contributed by atoms with van der Waals surface area (Å²) in [6.07, 6.45) is -0.465. The zero-order valence-electron chi connectivity index (χ0n) is 22.2. The van der Waals surface area contributed by atoms with Crippen LogP contribution in [0.15, 0.2) is 72.8 Å². The van der Waals surface area contributed by atoms with Crippen LogP contribution in [0.4, 0.5) is 4.39 Å². The van der Waals surface area contributed by atoms with Gasteiger partial charge in [0.1, 0.15) is 29.1 Å². The van der Waals surface area contributed by atoms with Gasteiger partial charge in [-0.3, -0.25) is 14.4 Å². The fourth-order valence-electron chi connectivity index (χ4n) is 4.26. The molecule has 40 heavy (non-hydrogen) atoms. The van der Waals surface area contributed by atoms with Crippen LogP contribution in [0.25, 0.3) is 22.4 Å². The van der Waals surface area contributed by atoms with Crippen LogP contribution < -0.4 is 0 Å². The molecule has 10 heteroatoms. The highest BCUT2D eigenvalue weighted by Crippen LogP contribution is 2.31. The number of benzene rings is 3. The first kappa shape index (κ1) is 28.2. The van der Waals surface area contributed by atoms with Gasteiger partial charge in [-0.25, -0.2) is 9.37 Å². The minimum atomic E-state index is -0.739. The molecule has 1 unspecified atom stereocenters. The van der Waals surface area contributed by atoms with Crippen molar-refractivity contribution in [1.29, 1.82) is 0 Å². The Bertz CT molecular complexity index is 1560. The molecule has 0 bridgehead atoms. The van der Waals surface area contributed by atoms with Crippen molar-refractivity contribution in [1.82, 2.24) is 15.0 Å². The van der Waals surface area contributed by atoms with Gasteiger partial charge in [-0.05, 0) is 35.9 Å². The lowest BCUT2D eigenvalue weighted by molar-refractivity contribution is -0.183. The monoisotopic (exact) mass is 545 g/mol. The summed E-state index contributed by atoms with van der Waals surface area (Å²) in [6, 6.07) is 18.9. The van der Waals surface area contributed by atoms with Crippen LogP contribution >= 0.6 is 0 Å². The number of Topliss-reactive ketones (excluding diaryl/α,β-unsaturated/α-hetero) is 1. The van der Waals surface area contributed by atoms with Gasteiger partial charge in [0.05, 0.1) is 11.0 Å². The predicted molar refractivity (Wildman–Crippen MR) is 146 cm³/mol. The van der Waals surface area contributed by atoms with Gasteiger partial charge in [-0.2, -0.15) is 0 Å². The zero-order valence-corrected chi connectivity index (χ0v) is 22.2. The highest BCUT2D eigenvalue weighted by atomic mass is 19.1. The van der Waals surface area contributed by atoms with E-state index in [2.05, 4.69) is 9.97 Å². The summed E-state index contributed by atoms with van der Waals surface area (Å²) in [4.78, 5) is 49.3. The SMILES string of the molecule is CC(=O)OC(CCN(C)OC(C)=O)c1cccc(C(O)=C(C(=O)c2cccc(F)c2)c2nc3ccccc3[nH]2)c1. The molecule has 206 valence electrons. The lowest BCUT2D eigenvalue weighted by atomic mass is 9.96. The number of nitrogens with zero attached hydrogens (tertiary/aromatic N) is 2. The topological polar surface area (TPSA) is 122 Å². The average molecular weight is 546 g/mol. The number of allylic oxidation sites excluding steroid dienone is 1. The third-order valence-corrected chi connectivity index (χ3v) is 6.01. The number of halogens is 1. The van der Waals surface area contributed by atoms with Crippen molar-refractivity contribution in [3.8, 4) is 0 Å². The Morgan fingerprint density at radius 1 is 0.975 bits per heavy atom. The molecular formula is C30H28FN3O6. The highest BCUT2D eigenvalue weighted by molar-refractivity contribution is 6.33. The third kappa shape index (κ3) is 6.78. The lowest BCUT2D eigenvalue weighted by Crippen LogP contribution is -2.25. The normalized spacial score (nSPS) is 12.6. The number of para-hydroxylation sites is 2. The van der Waals surface area contributed by atoms with E-state index < -0.39 is 35.4 Å². The largest absolute Gasteiger partial charge is 0.506 e. The summed E-state index contributed by atoms with van der Waals surface area (Å²) in [5.74, 6) is -2.52. The number of aliphatic hydroxyl groups excluding tert-OH is 1. The standard InChI is InChI=1S/C30H28FN3O6/c1-18(35)39-26(14-15-34(3)40-19(2)36)20-8-6-9-21(16-20)28(37)27(29(38)22-10-7-11-23(31)17-22)30-32-24-12-4-5-13-25(24)33-30/h4-13,16-17,26,37H,14-15H2,1-3H3,(H,32,33). The first-order valence-electron chi connectivity index (χ1n) is 12.5. The molecule has 0 radical (unpaired) electrons. The van der Waals surface area contributed by atoms with Crippen molar-refractivity contribution in [2.45, 2.75) is 26.4 Å². The third-order valence-electron chi connectivity index (χ3n) is 6.01. The molecule has 0 aliphatic carbocycles. The van der Waals surface area contributed by atoms with Crippen molar-refractivity contribution in [3.63, 3.8) is 0 Å². The number of hydroxylamine groups is 2. The average Bonchev–Trinajstić information content (AvgIpc) is 3.34. The second-order valence-electron chi connectivity index (χ2n) is 9.11. The maximum atomic E-state index is 14.0. The molecule has 1 heterocycles. The van der Waals surface area contributed by atoms with Crippen LogP contribution in [-0.4, -0.2) is 51.5 Å². The Morgan fingerprint density at radius 3 is 2.40 bits per heavy atom. The molecule has 0 spiro atoms. The van der Waals surface area contributed by atoms with E-state index in [4.69, 9.17) is 9.57 Å². The van der Waals surface area contributed by atoms with E-state index in [0.717, 1.165) is 6.07 Å². The molecule has 0 aliphatic rings. The molecular weight excluding hydrogens is 517 g/mol. The van der Waals surface area contributed by atoms with Crippen molar-refractivity contribution in [3.05, 3.63) is 101 Å². The first-order chi connectivity index (χ1) is 19.1. The van der Waals surface area contributed by atoms with Gasteiger partial charge >= 0.3 is 11.9 Å². The molecule has 9 nitrogen and oxygen atoms in total. The van der Waals surface area contributed by atoms with Gasteiger partial charge in [0, 0.05) is 45.0 Å². The second kappa shape index (κ2) is 12.4. The van der Waals surface area contributed by atoms with E-state index in [1.165, 1.54) is 37.1 Å². The molecule has 1 aromatic heterocycles. The quantitative estimate of drug-likeness (QED) is 0.0891. The maximum absolute atomic E-state index is 14.0. The minimum Gasteiger partial charge on any atom is -0.506 e. The molecule has 0 saturated carbocycles. The fourth-order valence-corrected chi connectivity index (χ4v) is 4.26. The van der Waals surface area contributed by atoms with Crippen molar-refractivity contribution in [2.24, 2.45) is 0 Å². The summed E-state index contributed by atoms with van der Waals surface area (Å²) in [6.45, 7) is 2.82. The van der Waals surface area contributed by atoms with Crippen LogP contribution in [0.1, 0.15) is 53.7 Å². The molecule has 0 amide bonds. The predicted octanol–water partition coefficient (Wildman–Crippen LogP) is 5.42. The maximum Gasteiger partial charge on any atom is 0.322 e. The molecule has 0 fully saturated rings. The molecule has 4 aromatic rings. The van der Waals surface area contributed by atoms with E-state index in [1.54, 1.807) is 55.6 Å². The number of hydrogen-bond donors (Lipinski definition) is 2. The number of aromatic nitrogens is 2. The van der Waals surface area contributed by atoms with E-state index in [0.29, 0.717) is 16.6 Å². The van der Waals surface area contributed by atoms with Gasteiger partial charge in [-0.15, -0.1) is 5.06 Å². The van der Waals surface area contributed by atoms with E-state index in [-0.39, 0.29) is 35.5 Å². The molecule has 2 N–H and O–H groups in total. The Hall–Kier alpha value is -4.83. The summed E-state index contributed by atoms with van der Waals surface area (Å²) >= 11 is 0. The number of hydrogen-bond acceptors (Lipinski definition) is 8. The van der Waals surface area contributed by atoms with E-state index in [1.807, 2.05) is 0 Å². The summed E-state index contributed by atoms with van der Waals surface area (Å²) in [7, 11) is 1.58. The van der Waals surface area contributed by atoms with Crippen LogP contribution in [0, 0.1) is 5.82 Å². The Morgan fingerprint density at radius 2 is 1.70 bits per heavy atom. The van der Waals surface area contributed by atoms with Gasteiger partial charge in [0.2, 0.25) is 5.78 Å². The van der Waals surface area contributed by atoms with Crippen LogP contribution in [0.5, 0.6) is 0 Å². The Labute approximate surface area is 229 Å². The van der Waals surface area contributed by atoms with Gasteiger partial charge in [0.15, 0.2) is 0 Å². The van der Waals surface area contributed by atoms with Crippen LogP contribution in [0.2, 0.25) is 0 Å². The minimum absolute atomic E-state index is 0.0319. The molecule has 0 saturated heterocycles. The number of fused-ring (bicyclic) bond motifs is 1. The second-order valence-corrected chi connectivity index (χ2v) is 9.11. The van der Waals surface area contributed by atoms with Crippen molar-refractivity contribution in [2.75, 3.05) is 13.6 Å². The summed E-state index contributed by atoms with van der Waals surface area (Å²) < 4.78 is 19.5. The molecule has 1 atom stereocenters. The number of carbonyl (C=O) groups excluding carboxylic acids is 3. The van der Waals surface area contributed by atoms with E-state index >= 15 is 0 Å². The lowest BCUT2D eigenvalue weighted by Gasteiger charge is -2.21. The first-order valence-corrected chi connectivity index (χ1v) is 12.5. The van der Waals surface area contributed by atoms with Crippen LogP contribution in [0.3, 0.4) is 0 Å². The van der Waals surface area contributed by atoms with Crippen LogP contribution in [-0.2, 0) is 19.2 Å². The number of rotatable bonds is 10. The van der Waals surface area contributed by atoms with Gasteiger partial charge in [0.25, 0.3) is 0 Å². The fraction of sp³-hybridized carbons (Fsp3) is 0.200. The summed E-state index contributed by atoms with van der Waals surface area (Å²) in [5.41, 5.74) is 1.90. The van der Waals surface area contributed by atoms with Gasteiger partial charge in [-0.1, -0.05) is 42.5 Å². The van der Waals surface area contributed by atoms with Gasteiger partial charge < -0.3 is 19.7 Å².